The fourth-order valence-corrected chi connectivity index (χ4v) is 3.67. The van der Waals surface area contributed by atoms with E-state index in [1.165, 1.54) is 16.7 Å². The van der Waals surface area contributed by atoms with Crippen molar-refractivity contribution >= 4 is 5.96 Å². The summed E-state index contributed by atoms with van der Waals surface area (Å²) in [5.74, 6) is 0.877. The minimum atomic E-state index is 0.0956. The molecule has 0 radical (unpaired) electrons. The third-order valence-corrected chi connectivity index (χ3v) is 5.44. The van der Waals surface area contributed by atoms with E-state index in [-0.39, 0.29) is 5.41 Å². The second-order valence-corrected chi connectivity index (χ2v) is 7.23. The molecule has 4 heteroatoms. The zero-order chi connectivity index (χ0) is 19.0. The van der Waals surface area contributed by atoms with Crippen molar-refractivity contribution < 1.29 is 4.74 Å². The summed E-state index contributed by atoms with van der Waals surface area (Å²) in [6.07, 6.45) is 2.06. The molecular formula is C23H31N3O. The molecule has 0 unspecified atom stereocenters. The Balaban J connectivity index is 1.73. The molecule has 0 amide bonds. The molecule has 1 fully saturated rings. The van der Waals surface area contributed by atoms with Gasteiger partial charge in [0.15, 0.2) is 5.96 Å². The van der Waals surface area contributed by atoms with Crippen LogP contribution in [0.4, 0.5) is 0 Å². The number of ether oxygens (including phenoxy) is 1. The molecule has 4 nitrogen and oxygen atoms in total. The van der Waals surface area contributed by atoms with Crippen LogP contribution in [0, 0.1) is 6.92 Å². The predicted octanol–water partition coefficient (Wildman–Crippen LogP) is 3.80. The van der Waals surface area contributed by atoms with Crippen LogP contribution in [0.1, 0.15) is 36.5 Å². The fourth-order valence-electron chi connectivity index (χ4n) is 3.67. The lowest BCUT2D eigenvalue weighted by atomic mass is 9.74. The molecule has 0 atom stereocenters. The second kappa shape index (κ2) is 9.56. The van der Waals surface area contributed by atoms with Crippen LogP contribution in [0.2, 0.25) is 0 Å². The Morgan fingerprint density at radius 3 is 2.41 bits per heavy atom. The van der Waals surface area contributed by atoms with Crippen LogP contribution >= 0.6 is 0 Å². The molecule has 0 bridgehead atoms. The summed E-state index contributed by atoms with van der Waals surface area (Å²) in [4.78, 5) is 4.82. The first-order chi connectivity index (χ1) is 13.2. The number of benzene rings is 2. The number of nitrogens with zero attached hydrogens (tertiary/aromatic N) is 1. The van der Waals surface area contributed by atoms with E-state index in [1.807, 2.05) is 0 Å². The van der Waals surface area contributed by atoms with Gasteiger partial charge in [0.05, 0.1) is 6.54 Å². The summed E-state index contributed by atoms with van der Waals surface area (Å²) in [6.45, 7) is 8.26. The molecule has 0 aromatic heterocycles. The lowest BCUT2D eigenvalue weighted by Gasteiger charge is -2.38. The molecule has 1 saturated heterocycles. The molecule has 2 aromatic carbocycles. The summed E-state index contributed by atoms with van der Waals surface area (Å²) in [5.41, 5.74) is 4.02. The Labute approximate surface area is 163 Å². The van der Waals surface area contributed by atoms with E-state index in [4.69, 9.17) is 9.73 Å². The number of rotatable bonds is 6. The molecule has 1 aliphatic heterocycles. The van der Waals surface area contributed by atoms with E-state index >= 15 is 0 Å². The van der Waals surface area contributed by atoms with Gasteiger partial charge in [0, 0.05) is 31.7 Å². The van der Waals surface area contributed by atoms with E-state index in [0.717, 1.165) is 45.1 Å². The molecule has 2 N–H and O–H groups in total. The number of aliphatic imine (C=N–C) groups is 1. The zero-order valence-electron chi connectivity index (χ0n) is 16.5. The van der Waals surface area contributed by atoms with Gasteiger partial charge in [0.1, 0.15) is 0 Å². The minimum absolute atomic E-state index is 0.0956. The van der Waals surface area contributed by atoms with Gasteiger partial charge in [0.25, 0.3) is 0 Å². The first-order valence-corrected chi connectivity index (χ1v) is 9.93. The highest BCUT2D eigenvalue weighted by atomic mass is 16.5. The maximum Gasteiger partial charge on any atom is 0.191 e. The van der Waals surface area contributed by atoms with Crippen molar-refractivity contribution in [3.63, 3.8) is 0 Å². The summed E-state index contributed by atoms with van der Waals surface area (Å²) in [7, 11) is 0. The van der Waals surface area contributed by atoms with Gasteiger partial charge in [-0.3, -0.25) is 0 Å². The third-order valence-electron chi connectivity index (χ3n) is 5.44. The zero-order valence-corrected chi connectivity index (χ0v) is 16.5. The van der Waals surface area contributed by atoms with Crippen molar-refractivity contribution in [2.75, 3.05) is 26.3 Å². The van der Waals surface area contributed by atoms with Crippen LogP contribution in [0.25, 0.3) is 0 Å². The van der Waals surface area contributed by atoms with Crippen LogP contribution in [0.5, 0.6) is 0 Å². The molecule has 0 spiro atoms. The van der Waals surface area contributed by atoms with E-state index in [9.17, 15) is 0 Å². The van der Waals surface area contributed by atoms with Gasteiger partial charge in [0.2, 0.25) is 0 Å². The van der Waals surface area contributed by atoms with Crippen molar-refractivity contribution in [2.45, 2.75) is 38.6 Å². The third kappa shape index (κ3) is 5.10. The first kappa shape index (κ1) is 19.4. The number of aryl methyl sites for hydroxylation is 1. The second-order valence-electron chi connectivity index (χ2n) is 7.23. The van der Waals surface area contributed by atoms with Crippen LogP contribution in [0.15, 0.2) is 59.6 Å². The summed E-state index contributed by atoms with van der Waals surface area (Å²) in [6, 6.07) is 19.2. The highest BCUT2D eigenvalue weighted by Crippen LogP contribution is 2.34. The monoisotopic (exact) mass is 365 g/mol. The lowest BCUT2D eigenvalue weighted by Crippen LogP contribution is -2.48. The van der Waals surface area contributed by atoms with E-state index in [2.05, 4.69) is 79.1 Å². The maximum absolute atomic E-state index is 5.65. The van der Waals surface area contributed by atoms with Crippen LogP contribution < -0.4 is 10.6 Å². The average molecular weight is 366 g/mol. The van der Waals surface area contributed by atoms with Gasteiger partial charge < -0.3 is 15.4 Å². The Morgan fingerprint density at radius 1 is 1.00 bits per heavy atom. The summed E-state index contributed by atoms with van der Waals surface area (Å²) >= 11 is 0. The Hall–Kier alpha value is -2.33. The largest absolute Gasteiger partial charge is 0.381 e. The van der Waals surface area contributed by atoms with Crippen molar-refractivity contribution in [3.05, 3.63) is 71.3 Å². The molecule has 3 rings (SSSR count). The molecule has 2 aromatic rings. The topological polar surface area (TPSA) is 45.7 Å². The Morgan fingerprint density at radius 2 is 1.70 bits per heavy atom. The molecule has 0 saturated carbocycles. The normalized spacial score (nSPS) is 16.7. The minimum Gasteiger partial charge on any atom is -0.381 e. The van der Waals surface area contributed by atoms with Gasteiger partial charge >= 0.3 is 0 Å². The number of hydrogen-bond donors (Lipinski definition) is 2. The molecule has 27 heavy (non-hydrogen) atoms. The van der Waals surface area contributed by atoms with Crippen molar-refractivity contribution in [1.29, 1.82) is 0 Å². The lowest BCUT2D eigenvalue weighted by molar-refractivity contribution is 0.0514. The maximum atomic E-state index is 5.65. The Kier molecular flexibility index (Phi) is 6.88. The van der Waals surface area contributed by atoms with Crippen LogP contribution in [0.3, 0.4) is 0 Å². The van der Waals surface area contributed by atoms with Crippen LogP contribution in [-0.4, -0.2) is 32.3 Å². The molecular weight excluding hydrogens is 334 g/mol. The number of guanidine groups is 1. The highest BCUT2D eigenvalue weighted by Gasteiger charge is 2.34. The van der Waals surface area contributed by atoms with Crippen molar-refractivity contribution in [1.82, 2.24) is 10.6 Å². The highest BCUT2D eigenvalue weighted by molar-refractivity contribution is 5.79. The van der Waals surface area contributed by atoms with Gasteiger partial charge in [-0.05, 0) is 43.4 Å². The summed E-state index contributed by atoms with van der Waals surface area (Å²) < 4.78 is 5.65. The van der Waals surface area contributed by atoms with Gasteiger partial charge in [-0.15, -0.1) is 0 Å². The van der Waals surface area contributed by atoms with Gasteiger partial charge in [-0.2, -0.15) is 0 Å². The van der Waals surface area contributed by atoms with E-state index in [0.29, 0.717) is 6.54 Å². The quantitative estimate of drug-likeness (QED) is 0.605. The SMILES string of the molecule is CCNC(=NCc1ccccc1C)NCC1(c2ccccc2)CCOCC1. The van der Waals surface area contributed by atoms with E-state index in [1.54, 1.807) is 0 Å². The number of hydrogen-bond acceptors (Lipinski definition) is 2. The molecule has 1 heterocycles. The Bertz CT molecular complexity index is 736. The summed E-state index contributed by atoms with van der Waals surface area (Å²) in [5, 5.41) is 6.99. The van der Waals surface area contributed by atoms with E-state index < -0.39 is 0 Å². The smallest absolute Gasteiger partial charge is 0.191 e. The van der Waals surface area contributed by atoms with Crippen molar-refractivity contribution in [3.8, 4) is 0 Å². The van der Waals surface area contributed by atoms with Gasteiger partial charge in [-0.25, -0.2) is 4.99 Å². The average Bonchev–Trinajstić information content (AvgIpc) is 2.72. The molecule has 1 aliphatic rings. The predicted molar refractivity (Wildman–Crippen MR) is 112 cm³/mol. The van der Waals surface area contributed by atoms with Crippen molar-refractivity contribution in [2.24, 2.45) is 4.99 Å². The van der Waals surface area contributed by atoms with Gasteiger partial charge in [-0.1, -0.05) is 54.6 Å². The standard InChI is InChI=1S/C23H31N3O/c1-3-24-22(25-17-20-10-8-7-9-19(20)2)26-18-23(13-15-27-16-14-23)21-11-5-4-6-12-21/h4-12H,3,13-18H2,1-2H3,(H2,24,25,26). The first-order valence-electron chi connectivity index (χ1n) is 9.93. The molecule has 144 valence electrons. The number of nitrogens with one attached hydrogen (secondary N) is 2. The fraction of sp³-hybridized carbons (Fsp3) is 0.435. The molecule has 0 aliphatic carbocycles. The van der Waals surface area contributed by atoms with Crippen LogP contribution in [-0.2, 0) is 16.7 Å².